The summed E-state index contributed by atoms with van der Waals surface area (Å²) in [6, 6.07) is 6.24. The second-order valence-corrected chi connectivity index (χ2v) is 8.00. The molecule has 0 aliphatic heterocycles. The van der Waals surface area contributed by atoms with Crippen LogP contribution in [0.15, 0.2) is 35.8 Å². The summed E-state index contributed by atoms with van der Waals surface area (Å²) in [5, 5.41) is 9.89. The van der Waals surface area contributed by atoms with Gasteiger partial charge >= 0.3 is 0 Å². The number of nitrogens with zero attached hydrogens (tertiary/aromatic N) is 4. The summed E-state index contributed by atoms with van der Waals surface area (Å²) < 4.78 is 29.0. The van der Waals surface area contributed by atoms with Gasteiger partial charge in [-0.05, 0) is 25.1 Å². The highest BCUT2D eigenvalue weighted by molar-refractivity contribution is 7.10. The zero-order valence-corrected chi connectivity index (χ0v) is 16.6. The van der Waals surface area contributed by atoms with Crippen LogP contribution in [0.25, 0.3) is 27.9 Å². The van der Waals surface area contributed by atoms with Crippen LogP contribution >= 0.6 is 22.9 Å². The van der Waals surface area contributed by atoms with Crippen LogP contribution in [-0.4, -0.2) is 24.6 Å². The van der Waals surface area contributed by atoms with Crippen LogP contribution in [0.2, 0.25) is 5.15 Å². The van der Waals surface area contributed by atoms with Gasteiger partial charge in [0.1, 0.15) is 11.3 Å². The molecule has 0 amide bonds. The van der Waals surface area contributed by atoms with Crippen LogP contribution in [0, 0.1) is 18.6 Å². The number of nitrogens with one attached hydrogen (secondary N) is 2. The fourth-order valence-electron chi connectivity index (χ4n) is 3.17. The van der Waals surface area contributed by atoms with E-state index in [1.807, 2.05) is 12.3 Å². The fourth-order valence-corrected chi connectivity index (χ4v) is 4.06. The van der Waals surface area contributed by atoms with Crippen molar-refractivity contribution in [3.05, 3.63) is 63.3 Å². The summed E-state index contributed by atoms with van der Waals surface area (Å²) in [5.41, 5.74) is 3.48. The second-order valence-electron chi connectivity index (χ2n) is 6.50. The average molecular weight is 431 g/mol. The number of rotatable bonds is 4. The minimum absolute atomic E-state index is 0.0318. The molecule has 0 aliphatic carbocycles. The van der Waals surface area contributed by atoms with Crippen molar-refractivity contribution in [3.63, 3.8) is 0 Å². The zero-order valence-electron chi connectivity index (χ0n) is 15.0. The van der Waals surface area contributed by atoms with Crippen LogP contribution < -0.4 is 5.32 Å². The number of halogens is 3. The Hall–Kier alpha value is -3.04. The Morgan fingerprint density at radius 3 is 2.93 bits per heavy atom. The minimum atomic E-state index is -0.969. The lowest BCUT2D eigenvalue weighted by Gasteiger charge is -2.07. The van der Waals surface area contributed by atoms with E-state index in [1.54, 1.807) is 28.1 Å². The summed E-state index contributed by atoms with van der Waals surface area (Å²) in [7, 11) is 0. The summed E-state index contributed by atoms with van der Waals surface area (Å²) in [4.78, 5) is 12.8. The van der Waals surface area contributed by atoms with Gasteiger partial charge in [-0.15, -0.1) is 11.3 Å². The number of fused-ring (bicyclic) bond motifs is 2. The number of aromatic amines is 1. The molecule has 6 nitrogen and oxygen atoms in total. The number of hydrogen-bond acceptors (Lipinski definition) is 5. The first-order valence-electron chi connectivity index (χ1n) is 8.66. The van der Waals surface area contributed by atoms with Crippen molar-refractivity contribution in [2.75, 3.05) is 5.32 Å². The highest BCUT2D eigenvalue weighted by Gasteiger charge is 2.15. The lowest BCUT2D eigenvalue weighted by Crippen LogP contribution is -2.05. The molecule has 0 spiro atoms. The van der Waals surface area contributed by atoms with Gasteiger partial charge in [0.25, 0.3) is 0 Å². The van der Waals surface area contributed by atoms with Crippen molar-refractivity contribution in [1.29, 1.82) is 0 Å². The number of aryl methyl sites for hydroxylation is 1. The Morgan fingerprint density at radius 2 is 2.14 bits per heavy atom. The van der Waals surface area contributed by atoms with E-state index in [4.69, 9.17) is 11.6 Å². The van der Waals surface area contributed by atoms with E-state index >= 15 is 0 Å². The van der Waals surface area contributed by atoms with Gasteiger partial charge in [-0.25, -0.2) is 23.3 Å². The maximum Gasteiger partial charge on any atom is 0.186 e. The maximum absolute atomic E-state index is 13.9. The predicted molar refractivity (Wildman–Crippen MR) is 109 cm³/mol. The Morgan fingerprint density at radius 1 is 1.28 bits per heavy atom. The Balaban J connectivity index is 1.49. The molecule has 0 fully saturated rings. The van der Waals surface area contributed by atoms with Crippen molar-refractivity contribution < 1.29 is 8.78 Å². The summed E-state index contributed by atoms with van der Waals surface area (Å²) >= 11 is 7.86. The molecule has 4 aromatic heterocycles. The maximum atomic E-state index is 13.9. The van der Waals surface area contributed by atoms with Crippen molar-refractivity contribution in [2.24, 2.45) is 0 Å². The number of anilines is 1. The summed E-state index contributed by atoms with van der Waals surface area (Å²) in [6.45, 7) is 2.28. The standard InChI is InChI=1S/C19H13ClF2N6S/c1-9-4-10(8-29-9)14-6-24-19-13(5-15(20)27-28(14)19)23-7-16-25-12-3-2-11(21)17(22)18(12)26-16/h2-6,8,23H,7H2,1H3,(H,25,26). The van der Waals surface area contributed by atoms with E-state index in [0.29, 0.717) is 27.8 Å². The van der Waals surface area contributed by atoms with Gasteiger partial charge in [0.2, 0.25) is 0 Å². The molecule has 2 N–H and O–H groups in total. The number of imidazole rings is 2. The van der Waals surface area contributed by atoms with E-state index in [-0.39, 0.29) is 12.1 Å². The molecule has 146 valence electrons. The summed E-state index contributed by atoms with van der Waals surface area (Å²) in [6.07, 6.45) is 1.74. The fraction of sp³-hybridized carbons (Fsp3) is 0.105. The predicted octanol–water partition coefficient (Wildman–Crippen LogP) is 5.19. The third-order valence-corrected chi connectivity index (χ3v) is 5.55. The van der Waals surface area contributed by atoms with E-state index in [2.05, 4.69) is 31.4 Å². The Kier molecular flexibility index (Phi) is 4.21. The largest absolute Gasteiger partial charge is 0.375 e. The molecule has 0 aliphatic rings. The highest BCUT2D eigenvalue weighted by Crippen LogP contribution is 2.29. The van der Waals surface area contributed by atoms with Gasteiger partial charge in [-0.3, -0.25) is 0 Å². The first-order chi connectivity index (χ1) is 14.0. The average Bonchev–Trinajstić information content (AvgIpc) is 3.40. The van der Waals surface area contributed by atoms with E-state index in [0.717, 1.165) is 17.3 Å². The first-order valence-corrected chi connectivity index (χ1v) is 9.91. The van der Waals surface area contributed by atoms with Gasteiger partial charge in [0, 0.05) is 21.9 Å². The smallest absolute Gasteiger partial charge is 0.186 e. The number of hydrogen-bond donors (Lipinski definition) is 2. The molecule has 0 saturated carbocycles. The van der Waals surface area contributed by atoms with Gasteiger partial charge in [-0.1, -0.05) is 11.6 Å². The molecule has 0 atom stereocenters. The molecule has 0 unspecified atom stereocenters. The van der Waals surface area contributed by atoms with Crippen LogP contribution in [0.5, 0.6) is 0 Å². The molecular formula is C19H13ClF2N6S. The van der Waals surface area contributed by atoms with Crippen LogP contribution in [0.1, 0.15) is 10.7 Å². The quantitative estimate of drug-likeness (QED) is 0.412. The van der Waals surface area contributed by atoms with Gasteiger partial charge in [0.05, 0.1) is 29.6 Å². The molecule has 5 aromatic rings. The monoisotopic (exact) mass is 430 g/mol. The van der Waals surface area contributed by atoms with Gasteiger partial charge < -0.3 is 10.3 Å². The third kappa shape index (κ3) is 3.12. The zero-order chi connectivity index (χ0) is 20.1. The SMILES string of the molecule is Cc1cc(-c2cnc3c(NCc4nc5c(F)c(F)ccc5[nH]4)cc(Cl)nn23)cs1. The third-order valence-electron chi connectivity index (χ3n) is 4.51. The lowest BCUT2D eigenvalue weighted by atomic mass is 10.2. The molecule has 5 rings (SSSR count). The molecule has 0 saturated heterocycles. The van der Waals surface area contributed by atoms with Gasteiger partial charge in [0.15, 0.2) is 22.4 Å². The topological polar surface area (TPSA) is 70.9 Å². The normalized spacial score (nSPS) is 11.6. The van der Waals surface area contributed by atoms with Crippen molar-refractivity contribution in [3.8, 4) is 11.3 Å². The number of thiophene rings is 1. The number of benzene rings is 1. The van der Waals surface area contributed by atoms with Crippen LogP contribution in [-0.2, 0) is 6.54 Å². The van der Waals surface area contributed by atoms with E-state index in [1.165, 1.54) is 10.9 Å². The van der Waals surface area contributed by atoms with Crippen molar-refractivity contribution in [1.82, 2.24) is 24.6 Å². The lowest BCUT2D eigenvalue weighted by molar-refractivity contribution is 0.515. The molecule has 0 radical (unpaired) electrons. The van der Waals surface area contributed by atoms with Crippen LogP contribution in [0.4, 0.5) is 14.5 Å². The van der Waals surface area contributed by atoms with E-state index in [9.17, 15) is 8.78 Å². The Bertz CT molecular complexity index is 1370. The highest BCUT2D eigenvalue weighted by atomic mass is 35.5. The molecule has 1 aromatic carbocycles. The van der Waals surface area contributed by atoms with Crippen molar-refractivity contribution in [2.45, 2.75) is 13.5 Å². The number of H-pyrrole nitrogens is 1. The summed E-state index contributed by atoms with van der Waals surface area (Å²) in [5.74, 6) is -1.45. The number of aromatic nitrogens is 5. The van der Waals surface area contributed by atoms with Crippen molar-refractivity contribution >= 4 is 45.3 Å². The second kappa shape index (κ2) is 6.78. The molecule has 10 heteroatoms. The van der Waals surface area contributed by atoms with Gasteiger partial charge in [-0.2, -0.15) is 5.10 Å². The first kappa shape index (κ1) is 18.0. The van der Waals surface area contributed by atoms with E-state index < -0.39 is 11.6 Å². The van der Waals surface area contributed by atoms with Crippen LogP contribution in [0.3, 0.4) is 0 Å². The Labute approximate surface area is 172 Å². The molecule has 4 heterocycles. The molecule has 0 bridgehead atoms. The molecular weight excluding hydrogens is 418 g/mol. The molecule has 29 heavy (non-hydrogen) atoms. The minimum Gasteiger partial charge on any atom is -0.375 e.